The van der Waals surface area contributed by atoms with E-state index in [1.165, 1.54) is 0 Å². The van der Waals surface area contributed by atoms with Gasteiger partial charge >= 0.3 is 0 Å². The molecule has 2 aromatic rings. The van der Waals surface area contributed by atoms with Crippen LogP contribution in [0.1, 0.15) is 30.0 Å². The fourth-order valence-electron chi connectivity index (χ4n) is 2.14. The molecular formula is C17H21ClN2O. The molecule has 112 valence electrons. The van der Waals surface area contributed by atoms with Gasteiger partial charge in [-0.05, 0) is 56.1 Å². The monoisotopic (exact) mass is 304 g/mol. The molecule has 0 saturated heterocycles. The molecule has 1 N–H and O–H groups in total. The lowest BCUT2D eigenvalue weighted by molar-refractivity contribution is 0.471. The minimum atomic E-state index is 0.753. The van der Waals surface area contributed by atoms with Gasteiger partial charge in [-0.2, -0.15) is 0 Å². The van der Waals surface area contributed by atoms with Crippen LogP contribution in [0.4, 0.5) is 0 Å². The second-order valence-corrected chi connectivity index (χ2v) is 5.51. The van der Waals surface area contributed by atoms with E-state index in [9.17, 15) is 0 Å². The van der Waals surface area contributed by atoms with Crippen LogP contribution in [0.2, 0.25) is 5.02 Å². The van der Waals surface area contributed by atoms with Crippen LogP contribution in [0.25, 0.3) is 0 Å². The average molecular weight is 305 g/mol. The lowest BCUT2D eigenvalue weighted by Gasteiger charge is -2.13. The Morgan fingerprint density at radius 2 is 1.95 bits per heavy atom. The van der Waals surface area contributed by atoms with Gasteiger partial charge in [-0.1, -0.05) is 18.5 Å². The molecule has 21 heavy (non-hydrogen) atoms. The summed E-state index contributed by atoms with van der Waals surface area (Å²) in [6.07, 6.45) is 4.69. The number of benzene rings is 1. The first-order chi connectivity index (χ1) is 10.1. The van der Waals surface area contributed by atoms with E-state index in [-0.39, 0.29) is 0 Å². The predicted octanol–water partition coefficient (Wildman–Crippen LogP) is 4.64. The summed E-state index contributed by atoms with van der Waals surface area (Å²) in [4.78, 5) is 4.17. The van der Waals surface area contributed by atoms with Gasteiger partial charge in [0.05, 0.1) is 0 Å². The summed E-state index contributed by atoms with van der Waals surface area (Å²) < 4.78 is 6.02. The van der Waals surface area contributed by atoms with E-state index < -0.39 is 0 Å². The molecule has 0 aliphatic rings. The highest BCUT2D eigenvalue weighted by Gasteiger charge is 2.08. The van der Waals surface area contributed by atoms with E-state index in [0.29, 0.717) is 0 Å². The number of aryl methyl sites for hydroxylation is 2. The maximum Gasteiger partial charge on any atom is 0.134 e. The molecule has 0 amide bonds. The molecule has 0 aliphatic carbocycles. The molecule has 0 radical (unpaired) electrons. The molecule has 1 heterocycles. The van der Waals surface area contributed by atoms with Crippen LogP contribution in [-0.4, -0.2) is 11.5 Å². The predicted molar refractivity (Wildman–Crippen MR) is 87.2 cm³/mol. The van der Waals surface area contributed by atoms with Crippen LogP contribution in [0.5, 0.6) is 11.5 Å². The van der Waals surface area contributed by atoms with Crippen molar-refractivity contribution >= 4 is 11.6 Å². The molecule has 1 aromatic carbocycles. The Bertz CT molecular complexity index is 590. The molecule has 0 spiro atoms. The Morgan fingerprint density at radius 3 is 2.62 bits per heavy atom. The van der Waals surface area contributed by atoms with Crippen molar-refractivity contribution in [2.24, 2.45) is 0 Å². The summed E-state index contributed by atoms with van der Waals surface area (Å²) in [5.74, 6) is 1.63. The van der Waals surface area contributed by atoms with Gasteiger partial charge in [-0.15, -0.1) is 0 Å². The Hall–Kier alpha value is -1.58. The minimum absolute atomic E-state index is 0.753. The molecule has 4 heteroatoms. The molecule has 3 nitrogen and oxygen atoms in total. The molecule has 0 bridgehead atoms. The normalized spacial score (nSPS) is 10.7. The highest BCUT2D eigenvalue weighted by Crippen LogP contribution is 2.30. The summed E-state index contributed by atoms with van der Waals surface area (Å²) in [5, 5.41) is 4.16. The van der Waals surface area contributed by atoms with Crippen LogP contribution in [-0.2, 0) is 6.54 Å². The Labute approximate surface area is 131 Å². The van der Waals surface area contributed by atoms with Crippen molar-refractivity contribution in [2.45, 2.75) is 33.7 Å². The fraction of sp³-hybridized carbons (Fsp3) is 0.353. The number of ether oxygens (including phenoxy) is 1. The summed E-state index contributed by atoms with van der Waals surface area (Å²) in [6.45, 7) is 7.85. The van der Waals surface area contributed by atoms with Gasteiger partial charge in [-0.25, -0.2) is 0 Å². The molecule has 0 saturated carbocycles. The van der Waals surface area contributed by atoms with E-state index in [2.05, 4.69) is 17.2 Å². The lowest BCUT2D eigenvalue weighted by atomic mass is 10.1. The van der Waals surface area contributed by atoms with Crippen LogP contribution in [0.3, 0.4) is 0 Å². The third kappa shape index (κ3) is 4.19. The van der Waals surface area contributed by atoms with Crippen molar-refractivity contribution in [1.29, 1.82) is 0 Å². The van der Waals surface area contributed by atoms with Crippen molar-refractivity contribution in [3.63, 3.8) is 0 Å². The van der Waals surface area contributed by atoms with Gasteiger partial charge in [0.15, 0.2) is 0 Å². The van der Waals surface area contributed by atoms with Crippen LogP contribution < -0.4 is 10.1 Å². The van der Waals surface area contributed by atoms with E-state index >= 15 is 0 Å². The van der Waals surface area contributed by atoms with Gasteiger partial charge in [0.25, 0.3) is 0 Å². The molecule has 0 fully saturated rings. The number of nitrogens with zero attached hydrogens (tertiary/aromatic N) is 1. The van der Waals surface area contributed by atoms with Crippen molar-refractivity contribution in [3.8, 4) is 11.5 Å². The number of hydrogen-bond donors (Lipinski definition) is 1. The quantitative estimate of drug-likeness (QED) is 0.789. The average Bonchev–Trinajstić information content (AvgIpc) is 2.47. The second kappa shape index (κ2) is 7.43. The molecular weight excluding hydrogens is 284 g/mol. The highest BCUT2D eigenvalue weighted by atomic mass is 35.5. The minimum Gasteiger partial charge on any atom is -0.457 e. The van der Waals surface area contributed by atoms with Crippen molar-refractivity contribution < 1.29 is 4.74 Å². The summed E-state index contributed by atoms with van der Waals surface area (Å²) in [5.41, 5.74) is 3.09. The second-order valence-electron chi connectivity index (χ2n) is 5.13. The Morgan fingerprint density at radius 1 is 1.24 bits per heavy atom. The Balaban J connectivity index is 2.19. The van der Waals surface area contributed by atoms with Crippen molar-refractivity contribution in [1.82, 2.24) is 10.3 Å². The van der Waals surface area contributed by atoms with Crippen LogP contribution >= 0.6 is 11.6 Å². The zero-order chi connectivity index (χ0) is 15.2. The smallest absolute Gasteiger partial charge is 0.134 e. The molecule has 0 unspecified atom stereocenters. The summed E-state index contributed by atoms with van der Waals surface area (Å²) >= 11 is 6.19. The van der Waals surface area contributed by atoms with Gasteiger partial charge in [0, 0.05) is 29.5 Å². The first-order valence-corrected chi connectivity index (χ1v) is 7.57. The summed E-state index contributed by atoms with van der Waals surface area (Å²) in [7, 11) is 0. The zero-order valence-corrected chi connectivity index (χ0v) is 13.5. The first kappa shape index (κ1) is 15.8. The maximum atomic E-state index is 6.19. The van der Waals surface area contributed by atoms with E-state index in [1.807, 2.05) is 38.2 Å². The van der Waals surface area contributed by atoms with Crippen molar-refractivity contribution in [3.05, 3.63) is 52.3 Å². The fourth-order valence-corrected chi connectivity index (χ4v) is 2.25. The number of rotatable bonds is 6. The third-order valence-corrected chi connectivity index (χ3v) is 3.84. The largest absolute Gasteiger partial charge is 0.457 e. The van der Waals surface area contributed by atoms with Gasteiger partial charge in [0.1, 0.15) is 11.5 Å². The maximum absolute atomic E-state index is 6.19. The van der Waals surface area contributed by atoms with Crippen LogP contribution in [0.15, 0.2) is 30.6 Å². The first-order valence-electron chi connectivity index (χ1n) is 7.20. The number of halogens is 1. The Kier molecular flexibility index (Phi) is 5.59. The number of aromatic nitrogens is 1. The zero-order valence-electron chi connectivity index (χ0n) is 12.7. The standard InChI is InChI=1S/C17H21ClN2O/c1-4-6-19-10-14-11-20-7-5-16(14)21-15-8-12(2)17(18)13(3)9-15/h5,7-9,11,19H,4,6,10H2,1-3H3. The molecule has 0 atom stereocenters. The molecule has 0 aliphatic heterocycles. The van der Waals surface area contributed by atoms with E-state index in [1.54, 1.807) is 6.20 Å². The van der Waals surface area contributed by atoms with Gasteiger partial charge in [0.2, 0.25) is 0 Å². The van der Waals surface area contributed by atoms with Crippen LogP contribution in [0, 0.1) is 13.8 Å². The van der Waals surface area contributed by atoms with Gasteiger partial charge in [-0.3, -0.25) is 4.98 Å². The van der Waals surface area contributed by atoms with Gasteiger partial charge < -0.3 is 10.1 Å². The number of nitrogens with one attached hydrogen (secondary N) is 1. The topological polar surface area (TPSA) is 34.2 Å². The number of pyridine rings is 1. The lowest BCUT2D eigenvalue weighted by Crippen LogP contribution is -2.14. The van der Waals surface area contributed by atoms with E-state index in [4.69, 9.17) is 16.3 Å². The third-order valence-electron chi connectivity index (χ3n) is 3.24. The summed E-state index contributed by atoms with van der Waals surface area (Å²) in [6, 6.07) is 5.81. The SMILES string of the molecule is CCCNCc1cnccc1Oc1cc(C)c(Cl)c(C)c1. The molecule has 2 rings (SSSR count). The molecule has 1 aromatic heterocycles. The highest BCUT2D eigenvalue weighted by molar-refractivity contribution is 6.32. The number of hydrogen-bond acceptors (Lipinski definition) is 3. The van der Waals surface area contributed by atoms with E-state index in [0.717, 1.165) is 52.7 Å². The van der Waals surface area contributed by atoms with Crippen molar-refractivity contribution in [2.75, 3.05) is 6.54 Å².